The largest absolute Gasteiger partial charge is 0.388 e. The highest BCUT2D eigenvalue weighted by molar-refractivity contribution is 6.30. The lowest BCUT2D eigenvalue weighted by Crippen LogP contribution is -2.56. The number of carbonyl (C=O) groups is 2. The molecule has 154 valence electrons. The molecule has 1 aliphatic heterocycles. The smallest absolute Gasteiger partial charge is 0.237 e. The van der Waals surface area contributed by atoms with Crippen molar-refractivity contribution in [1.82, 2.24) is 15.5 Å². The lowest BCUT2D eigenvalue weighted by molar-refractivity contribution is -0.134. The van der Waals surface area contributed by atoms with Crippen molar-refractivity contribution in [2.24, 2.45) is 0 Å². The first-order valence-electron chi connectivity index (χ1n) is 9.81. The third kappa shape index (κ3) is 5.43. The molecule has 28 heavy (non-hydrogen) atoms. The van der Waals surface area contributed by atoms with Crippen molar-refractivity contribution in [3.8, 4) is 0 Å². The molecule has 1 unspecified atom stereocenters. The number of aliphatic hydroxyl groups is 1. The number of halogens is 2. The van der Waals surface area contributed by atoms with Gasteiger partial charge >= 0.3 is 0 Å². The molecule has 2 aliphatic rings. The molecule has 1 atom stereocenters. The van der Waals surface area contributed by atoms with Crippen LogP contribution in [-0.2, 0) is 16.1 Å². The summed E-state index contributed by atoms with van der Waals surface area (Å²) in [6.07, 6.45) is 4.40. The summed E-state index contributed by atoms with van der Waals surface area (Å²) in [5, 5.41) is 16.1. The van der Waals surface area contributed by atoms with Crippen LogP contribution < -0.4 is 10.6 Å². The van der Waals surface area contributed by atoms with Gasteiger partial charge in [0, 0.05) is 26.2 Å². The Labute approximate surface area is 169 Å². The van der Waals surface area contributed by atoms with Crippen molar-refractivity contribution in [2.75, 3.05) is 19.6 Å². The Kier molecular flexibility index (Phi) is 6.91. The molecule has 2 fully saturated rings. The zero-order chi connectivity index (χ0) is 20.1. The molecule has 6 nitrogen and oxygen atoms in total. The van der Waals surface area contributed by atoms with E-state index in [2.05, 4.69) is 10.6 Å². The monoisotopic (exact) mass is 411 g/mol. The maximum Gasteiger partial charge on any atom is 0.237 e. The van der Waals surface area contributed by atoms with Gasteiger partial charge < -0.3 is 15.7 Å². The molecule has 0 radical (unpaired) electrons. The van der Waals surface area contributed by atoms with Gasteiger partial charge in [0.15, 0.2) is 0 Å². The number of amides is 2. The van der Waals surface area contributed by atoms with Crippen molar-refractivity contribution in [3.63, 3.8) is 0 Å². The summed E-state index contributed by atoms with van der Waals surface area (Å²) in [6.45, 7) is 1.61. The molecule has 1 aromatic rings. The molecular weight excluding hydrogens is 385 g/mol. The fourth-order valence-electron chi connectivity index (χ4n) is 3.94. The summed E-state index contributed by atoms with van der Waals surface area (Å²) in [5.74, 6) is -0.990. The van der Waals surface area contributed by atoms with Gasteiger partial charge in [-0.25, -0.2) is 4.39 Å². The van der Waals surface area contributed by atoms with Gasteiger partial charge in [-0.05, 0) is 30.5 Å². The SMILES string of the molecule is O=C(CC1C(=O)NCCN1Cc1ccc(Cl)c(F)c1)NCC1(O)CCCCC1. The zero-order valence-corrected chi connectivity index (χ0v) is 16.6. The predicted octanol–water partition coefficient (Wildman–Crippen LogP) is 1.98. The molecule has 1 heterocycles. The first-order valence-corrected chi connectivity index (χ1v) is 10.2. The molecule has 3 N–H and O–H groups in total. The molecule has 1 aromatic carbocycles. The number of benzene rings is 1. The Bertz CT molecular complexity index is 725. The molecular formula is C20H27ClFN3O3. The summed E-state index contributed by atoms with van der Waals surface area (Å²) in [5.41, 5.74) is -0.151. The number of nitrogens with zero attached hydrogens (tertiary/aromatic N) is 1. The van der Waals surface area contributed by atoms with Crippen LogP contribution in [0.1, 0.15) is 44.1 Å². The van der Waals surface area contributed by atoms with E-state index < -0.39 is 17.5 Å². The van der Waals surface area contributed by atoms with E-state index in [-0.39, 0.29) is 29.8 Å². The van der Waals surface area contributed by atoms with Gasteiger partial charge in [-0.3, -0.25) is 14.5 Å². The molecule has 0 spiro atoms. The first-order chi connectivity index (χ1) is 13.4. The standard InChI is InChI=1S/C20H27ClFN3O3/c21-15-5-4-14(10-16(15)22)12-25-9-8-23-19(27)17(25)11-18(26)24-13-20(28)6-2-1-3-7-20/h4-5,10,17,28H,1-3,6-9,11-13H2,(H,23,27)(H,24,26). The number of hydrogen-bond donors (Lipinski definition) is 3. The highest BCUT2D eigenvalue weighted by atomic mass is 35.5. The van der Waals surface area contributed by atoms with E-state index in [9.17, 15) is 19.1 Å². The Hall–Kier alpha value is -1.70. The maximum absolute atomic E-state index is 13.7. The minimum absolute atomic E-state index is 0.00200. The van der Waals surface area contributed by atoms with Crippen molar-refractivity contribution in [1.29, 1.82) is 0 Å². The molecule has 1 aliphatic carbocycles. The maximum atomic E-state index is 13.7. The number of hydrogen-bond acceptors (Lipinski definition) is 4. The highest BCUT2D eigenvalue weighted by Gasteiger charge is 2.33. The Morgan fingerprint density at radius 2 is 2.11 bits per heavy atom. The molecule has 2 amide bonds. The van der Waals surface area contributed by atoms with E-state index in [0.717, 1.165) is 19.3 Å². The molecule has 1 saturated carbocycles. The average Bonchev–Trinajstić information content (AvgIpc) is 2.66. The van der Waals surface area contributed by atoms with Crippen LogP contribution in [0.2, 0.25) is 5.02 Å². The average molecular weight is 412 g/mol. The van der Waals surface area contributed by atoms with Crippen molar-refractivity contribution >= 4 is 23.4 Å². The van der Waals surface area contributed by atoms with E-state index in [1.165, 1.54) is 12.1 Å². The predicted molar refractivity (Wildman–Crippen MR) is 104 cm³/mol. The van der Waals surface area contributed by atoms with Gasteiger partial charge in [0.2, 0.25) is 11.8 Å². The van der Waals surface area contributed by atoms with Crippen LogP contribution in [0.4, 0.5) is 4.39 Å². The van der Waals surface area contributed by atoms with E-state index >= 15 is 0 Å². The van der Waals surface area contributed by atoms with Gasteiger partial charge in [-0.1, -0.05) is 36.9 Å². The second-order valence-electron chi connectivity index (χ2n) is 7.79. The lowest BCUT2D eigenvalue weighted by Gasteiger charge is -2.35. The zero-order valence-electron chi connectivity index (χ0n) is 15.8. The Morgan fingerprint density at radius 3 is 2.82 bits per heavy atom. The van der Waals surface area contributed by atoms with Crippen molar-refractivity contribution in [2.45, 2.75) is 56.7 Å². The first kappa shape index (κ1) is 21.0. The molecule has 8 heteroatoms. The van der Waals surface area contributed by atoms with Crippen LogP contribution >= 0.6 is 11.6 Å². The second-order valence-corrected chi connectivity index (χ2v) is 8.20. The van der Waals surface area contributed by atoms with Crippen LogP contribution in [0.15, 0.2) is 18.2 Å². The number of piperazine rings is 1. The van der Waals surface area contributed by atoms with Gasteiger partial charge in [0.25, 0.3) is 0 Å². The quantitative estimate of drug-likeness (QED) is 0.668. The fraction of sp³-hybridized carbons (Fsp3) is 0.600. The normalized spacial score (nSPS) is 22.5. The molecule has 0 bridgehead atoms. The number of rotatable bonds is 6. The van der Waals surface area contributed by atoms with Gasteiger partial charge in [0.05, 0.1) is 23.1 Å². The van der Waals surface area contributed by atoms with Crippen LogP contribution in [0.25, 0.3) is 0 Å². The summed E-state index contributed by atoms with van der Waals surface area (Å²) in [7, 11) is 0. The van der Waals surface area contributed by atoms with Gasteiger partial charge in [-0.15, -0.1) is 0 Å². The summed E-state index contributed by atoms with van der Waals surface area (Å²) in [6, 6.07) is 3.93. The summed E-state index contributed by atoms with van der Waals surface area (Å²) < 4.78 is 13.7. The lowest BCUT2D eigenvalue weighted by atomic mass is 9.85. The van der Waals surface area contributed by atoms with E-state index in [4.69, 9.17) is 11.6 Å². The van der Waals surface area contributed by atoms with Crippen LogP contribution in [0, 0.1) is 5.82 Å². The minimum Gasteiger partial charge on any atom is -0.388 e. The third-order valence-electron chi connectivity index (χ3n) is 5.59. The molecule has 0 aromatic heterocycles. The molecule has 1 saturated heterocycles. The van der Waals surface area contributed by atoms with Crippen LogP contribution in [0.5, 0.6) is 0 Å². The highest BCUT2D eigenvalue weighted by Crippen LogP contribution is 2.27. The van der Waals surface area contributed by atoms with Gasteiger partial charge in [0.1, 0.15) is 5.82 Å². The van der Waals surface area contributed by atoms with Crippen molar-refractivity contribution < 1.29 is 19.1 Å². The Morgan fingerprint density at radius 1 is 1.36 bits per heavy atom. The topological polar surface area (TPSA) is 81.7 Å². The van der Waals surface area contributed by atoms with Crippen LogP contribution in [-0.4, -0.2) is 53.1 Å². The minimum atomic E-state index is -0.844. The summed E-state index contributed by atoms with van der Waals surface area (Å²) >= 11 is 5.73. The van der Waals surface area contributed by atoms with Crippen LogP contribution in [0.3, 0.4) is 0 Å². The van der Waals surface area contributed by atoms with Gasteiger partial charge in [-0.2, -0.15) is 0 Å². The van der Waals surface area contributed by atoms with E-state index in [1.807, 2.05) is 4.90 Å². The van der Waals surface area contributed by atoms with Crippen molar-refractivity contribution in [3.05, 3.63) is 34.6 Å². The number of carbonyl (C=O) groups excluding carboxylic acids is 2. The molecule has 3 rings (SSSR count). The summed E-state index contributed by atoms with van der Waals surface area (Å²) in [4.78, 5) is 26.6. The third-order valence-corrected chi connectivity index (χ3v) is 5.90. The number of nitrogens with one attached hydrogen (secondary N) is 2. The van der Waals surface area contributed by atoms with E-state index in [1.54, 1.807) is 6.07 Å². The second kappa shape index (κ2) is 9.20. The fourth-order valence-corrected chi connectivity index (χ4v) is 4.06. The Balaban J connectivity index is 1.59. The van der Waals surface area contributed by atoms with E-state index in [0.29, 0.717) is 38.0 Å².